The zero-order chi connectivity index (χ0) is 12.3. The molecule has 4 nitrogen and oxygen atoms in total. The first-order valence-corrected chi connectivity index (χ1v) is 5.43. The number of carbonyl (C=O) groups is 1. The Labute approximate surface area is 99.9 Å². The van der Waals surface area contributed by atoms with E-state index in [0.717, 1.165) is 5.39 Å². The van der Waals surface area contributed by atoms with Crippen molar-refractivity contribution in [3.8, 4) is 5.75 Å². The van der Waals surface area contributed by atoms with Crippen LogP contribution in [0.4, 0.5) is 0 Å². The number of ketones is 1. The summed E-state index contributed by atoms with van der Waals surface area (Å²) in [7, 11) is 3.36. The van der Waals surface area contributed by atoms with Gasteiger partial charge in [-0.15, -0.1) is 0 Å². The maximum absolute atomic E-state index is 11.5. The third-order valence-electron chi connectivity index (χ3n) is 2.45. The van der Waals surface area contributed by atoms with Crippen LogP contribution in [0.3, 0.4) is 0 Å². The first kappa shape index (κ1) is 11.7. The second kappa shape index (κ2) is 5.06. The van der Waals surface area contributed by atoms with Crippen LogP contribution in [0.15, 0.2) is 28.7 Å². The lowest BCUT2D eigenvalue weighted by Gasteiger charge is -2.04. The molecule has 1 heterocycles. The molecule has 17 heavy (non-hydrogen) atoms. The summed E-state index contributed by atoms with van der Waals surface area (Å²) < 4.78 is 15.7. The summed E-state index contributed by atoms with van der Waals surface area (Å²) in [5, 5.41) is 0.793. The molecule has 0 saturated carbocycles. The Morgan fingerprint density at radius 1 is 1.47 bits per heavy atom. The number of carbonyl (C=O) groups excluding carboxylic acids is 1. The maximum Gasteiger partial charge on any atom is 0.190 e. The lowest BCUT2D eigenvalue weighted by atomic mass is 9.99. The largest absolute Gasteiger partial charge is 0.467 e. The van der Waals surface area contributed by atoms with Crippen molar-refractivity contribution in [3.63, 3.8) is 0 Å². The van der Waals surface area contributed by atoms with E-state index in [1.54, 1.807) is 27.1 Å². The van der Waals surface area contributed by atoms with Crippen molar-refractivity contribution in [1.29, 1.82) is 0 Å². The van der Waals surface area contributed by atoms with Gasteiger partial charge in [-0.25, -0.2) is 0 Å². The summed E-state index contributed by atoms with van der Waals surface area (Å²) in [5.74, 6) is 1.01. The molecule has 0 aliphatic rings. The highest BCUT2D eigenvalue weighted by molar-refractivity contribution is 6.23. The average molecular weight is 232 g/mol. The van der Waals surface area contributed by atoms with Crippen LogP contribution in [0.1, 0.15) is 10.6 Å². The zero-order valence-electron chi connectivity index (χ0n) is 9.86. The lowest BCUT2D eigenvalue weighted by molar-refractivity contribution is 0.0522. The predicted octanol–water partition coefficient (Wildman–Crippen LogP) is 1.65. The summed E-state index contributed by atoms with van der Waals surface area (Å²) in [4.78, 5) is 11.5. The number of furan rings is 1. The molecule has 88 valence electrons. The molecule has 5 heteroatoms. The van der Waals surface area contributed by atoms with Crippen LogP contribution >= 0.6 is 0 Å². The number of fused-ring (bicyclic) bond motifs is 1. The fraction of sp³-hybridized carbons (Fsp3) is 0.250. The minimum absolute atomic E-state index is 0.0149. The number of hydrogen-bond donors (Lipinski definition) is 0. The van der Waals surface area contributed by atoms with Crippen molar-refractivity contribution < 1.29 is 18.7 Å². The van der Waals surface area contributed by atoms with Crippen molar-refractivity contribution in [2.75, 3.05) is 13.9 Å². The van der Waals surface area contributed by atoms with Crippen LogP contribution in [0.25, 0.3) is 11.0 Å². The van der Waals surface area contributed by atoms with Gasteiger partial charge in [0.2, 0.25) is 0 Å². The molecule has 1 aromatic carbocycles. The first-order valence-electron chi connectivity index (χ1n) is 5.43. The second-order valence-electron chi connectivity index (χ2n) is 3.61. The number of rotatable bonds is 5. The SMILES string of the molecule is BCC(=O)c1cc2c(OCOC)cccc2o1. The highest BCUT2D eigenvalue weighted by atomic mass is 16.7. The van der Waals surface area contributed by atoms with Gasteiger partial charge in [-0.1, -0.05) is 6.07 Å². The summed E-state index contributed by atoms with van der Waals surface area (Å²) in [6.45, 7) is 0.168. The standard InChI is InChI=1S/C12H13BO4/c1-15-7-16-10-3-2-4-11-8(10)5-12(17-11)9(14)6-13/h2-5H,6-7,13H2,1H3. The van der Waals surface area contributed by atoms with Gasteiger partial charge in [-0.3, -0.25) is 4.79 Å². The predicted molar refractivity (Wildman–Crippen MR) is 66.4 cm³/mol. The fourth-order valence-electron chi connectivity index (χ4n) is 1.59. The van der Waals surface area contributed by atoms with Crippen LogP contribution in [0, 0.1) is 0 Å². The molecule has 0 fully saturated rings. The van der Waals surface area contributed by atoms with Crippen LogP contribution in [-0.2, 0) is 4.74 Å². The van der Waals surface area contributed by atoms with Gasteiger partial charge in [0.05, 0.1) is 5.39 Å². The fourth-order valence-corrected chi connectivity index (χ4v) is 1.59. The molecule has 0 spiro atoms. The monoisotopic (exact) mass is 232 g/mol. The molecule has 0 unspecified atom stereocenters. The van der Waals surface area contributed by atoms with Crippen LogP contribution in [0.5, 0.6) is 5.75 Å². The van der Waals surface area contributed by atoms with Gasteiger partial charge in [-0.05, 0) is 24.5 Å². The van der Waals surface area contributed by atoms with Crippen LogP contribution in [0.2, 0.25) is 6.32 Å². The highest BCUT2D eigenvalue weighted by Crippen LogP contribution is 2.29. The summed E-state index contributed by atoms with van der Waals surface area (Å²) in [6.07, 6.45) is 0.425. The minimum Gasteiger partial charge on any atom is -0.467 e. The van der Waals surface area contributed by atoms with Gasteiger partial charge in [0.25, 0.3) is 0 Å². The van der Waals surface area contributed by atoms with Gasteiger partial charge in [-0.2, -0.15) is 0 Å². The topological polar surface area (TPSA) is 48.7 Å². The smallest absolute Gasteiger partial charge is 0.190 e. The molecule has 1 aromatic heterocycles. The van der Waals surface area contributed by atoms with Crippen molar-refractivity contribution in [1.82, 2.24) is 0 Å². The molecule has 2 aromatic rings. The van der Waals surface area contributed by atoms with Gasteiger partial charge >= 0.3 is 0 Å². The highest BCUT2D eigenvalue weighted by Gasteiger charge is 2.13. The number of Topliss-reactive ketones (excluding diaryl/α,β-unsaturated/α-hetero) is 1. The maximum atomic E-state index is 11.5. The van der Waals surface area contributed by atoms with Crippen LogP contribution in [-0.4, -0.2) is 27.5 Å². The molecule has 0 amide bonds. The molecule has 2 rings (SSSR count). The van der Waals surface area contributed by atoms with Crippen molar-refractivity contribution in [2.24, 2.45) is 0 Å². The third-order valence-corrected chi connectivity index (χ3v) is 2.45. The van der Waals surface area contributed by atoms with Crippen molar-refractivity contribution in [3.05, 3.63) is 30.0 Å². The summed E-state index contributed by atoms with van der Waals surface area (Å²) >= 11 is 0. The molecule has 0 bridgehead atoms. The van der Waals surface area contributed by atoms with Gasteiger partial charge in [0.15, 0.2) is 18.3 Å². The Hall–Kier alpha value is -1.75. The van der Waals surface area contributed by atoms with Gasteiger partial charge < -0.3 is 13.9 Å². The second-order valence-corrected chi connectivity index (χ2v) is 3.61. The Morgan fingerprint density at radius 2 is 2.29 bits per heavy atom. The van der Waals surface area contributed by atoms with E-state index in [4.69, 9.17) is 13.9 Å². The van der Waals surface area contributed by atoms with Crippen molar-refractivity contribution in [2.45, 2.75) is 6.32 Å². The number of methoxy groups -OCH3 is 1. The van der Waals surface area contributed by atoms with E-state index in [0.29, 0.717) is 23.4 Å². The molecule has 0 atom stereocenters. The molecular weight excluding hydrogens is 219 g/mol. The van der Waals surface area contributed by atoms with Crippen LogP contribution < -0.4 is 4.74 Å². The molecule has 0 aliphatic heterocycles. The average Bonchev–Trinajstić information content (AvgIpc) is 2.79. The Morgan fingerprint density at radius 3 is 3.00 bits per heavy atom. The number of benzene rings is 1. The van der Waals surface area contributed by atoms with E-state index in [2.05, 4.69) is 0 Å². The minimum atomic E-state index is -0.0149. The summed E-state index contributed by atoms with van der Waals surface area (Å²) in [6, 6.07) is 7.15. The normalized spacial score (nSPS) is 10.6. The molecule has 0 N–H and O–H groups in total. The van der Waals surface area contributed by atoms with E-state index in [1.165, 1.54) is 0 Å². The zero-order valence-corrected chi connectivity index (χ0v) is 9.86. The molecule has 0 saturated heterocycles. The summed E-state index contributed by atoms with van der Waals surface area (Å²) in [5.41, 5.74) is 0.649. The van der Waals surface area contributed by atoms with E-state index in [9.17, 15) is 4.79 Å². The molecule has 0 aliphatic carbocycles. The van der Waals surface area contributed by atoms with E-state index >= 15 is 0 Å². The molecule has 0 radical (unpaired) electrons. The van der Waals surface area contributed by atoms with Gasteiger partial charge in [0.1, 0.15) is 19.2 Å². The van der Waals surface area contributed by atoms with Gasteiger partial charge in [0, 0.05) is 7.11 Å². The number of ether oxygens (including phenoxy) is 2. The Kier molecular flexibility index (Phi) is 3.49. The van der Waals surface area contributed by atoms with E-state index in [-0.39, 0.29) is 12.6 Å². The Bertz CT molecular complexity index is 532. The Balaban J connectivity index is 2.41. The van der Waals surface area contributed by atoms with Crippen molar-refractivity contribution >= 4 is 24.6 Å². The first-order chi connectivity index (χ1) is 8.26. The number of hydrogen-bond acceptors (Lipinski definition) is 4. The quantitative estimate of drug-likeness (QED) is 0.446. The van der Waals surface area contributed by atoms with E-state index in [1.807, 2.05) is 12.1 Å². The molecular formula is C12H13BO4. The third kappa shape index (κ3) is 2.34. The lowest BCUT2D eigenvalue weighted by Crippen LogP contribution is -1.98. The van der Waals surface area contributed by atoms with E-state index < -0.39 is 0 Å².